The van der Waals surface area contributed by atoms with Crippen molar-refractivity contribution in [1.82, 2.24) is 0 Å². The largest absolute Gasteiger partial charge is 0.334 e. The van der Waals surface area contributed by atoms with Crippen molar-refractivity contribution in [2.75, 3.05) is 4.90 Å². The van der Waals surface area contributed by atoms with E-state index in [1.807, 2.05) is 0 Å². The highest BCUT2D eigenvalue weighted by Crippen LogP contribution is 2.59. The van der Waals surface area contributed by atoms with Gasteiger partial charge < -0.3 is 4.90 Å². The Balaban J connectivity index is 1.13. The van der Waals surface area contributed by atoms with Crippen molar-refractivity contribution in [3.63, 3.8) is 0 Å². The second-order valence-corrected chi connectivity index (χ2v) is 17.1. The number of hydrogen-bond donors (Lipinski definition) is 0. The summed E-state index contributed by atoms with van der Waals surface area (Å²) in [5, 5.41) is 7.74. The Bertz CT molecular complexity index is 3130. The van der Waals surface area contributed by atoms with Gasteiger partial charge in [0.25, 0.3) is 0 Å². The average molecular weight is 754 g/mol. The van der Waals surface area contributed by atoms with E-state index >= 15 is 0 Å². The van der Waals surface area contributed by atoms with Crippen LogP contribution in [0.2, 0.25) is 0 Å². The Morgan fingerprint density at radius 2 is 0.932 bits per heavy atom. The molecule has 3 aliphatic carbocycles. The summed E-state index contributed by atoms with van der Waals surface area (Å²) in [6.45, 7) is 4.81. The fourth-order valence-corrected chi connectivity index (χ4v) is 11.5. The van der Waals surface area contributed by atoms with Crippen LogP contribution in [0, 0.1) is 0 Å². The predicted molar refractivity (Wildman–Crippen MR) is 248 cm³/mol. The standard InChI is InChI=1S/C58H43N/c1-57(2)51-28-15-14-27-48(51)56-54(57)30-17-31-55(56)59(40-32-34-46-44-24-10-9-22-42(44)43-23-11-12-25-45(43)49(46)36-40)41-33-35-53-50(37-41)47-26-13-16-29-52(47)58(53,38-18-5-3-6-19-38)39-20-7-4-8-21-39/h3-37,55-56H,1-2H3. The van der Waals surface area contributed by atoms with E-state index in [-0.39, 0.29) is 17.4 Å². The van der Waals surface area contributed by atoms with Crippen LogP contribution >= 0.6 is 0 Å². The van der Waals surface area contributed by atoms with Crippen LogP contribution in [0.3, 0.4) is 0 Å². The molecule has 0 bridgehead atoms. The van der Waals surface area contributed by atoms with E-state index in [1.165, 1.54) is 93.8 Å². The van der Waals surface area contributed by atoms with Gasteiger partial charge in [0.15, 0.2) is 0 Å². The minimum atomic E-state index is -0.449. The summed E-state index contributed by atoms with van der Waals surface area (Å²) in [6.07, 6.45) is 7.17. The third-order valence-corrected chi connectivity index (χ3v) is 14.0. The van der Waals surface area contributed by atoms with Gasteiger partial charge in [-0.3, -0.25) is 0 Å². The Kier molecular flexibility index (Phi) is 7.38. The second-order valence-electron chi connectivity index (χ2n) is 17.1. The quantitative estimate of drug-likeness (QED) is 0.158. The van der Waals surface area contributed by atoms with Crippen molar-refractivity contribution in [3.05, 3.63) is 251 Å². The summed E-state index contributed by atoms with van der Waals surface area (Å²) in [6, 6.07) is 72.9. The zero-order valence-electron chi connectivity index (χ0n) is 33.3. The number of benzene rings is 9. The summed E-state index contributed by atoms with van der Waals surface area (Å²) in [5.41, 5.74) is 14.0. The zero-order chi connectivity index (χ0) is 39.3. The van der Waals surface area contributed by atoms with E-state index < -0.39 is 5.41 Å². The Morgan fingerprint density at radius 1 is 0.424 bits per heavy atom. The van der Waals surface area contributed by atoms with Crippen molar-refractivity contribution >= 4 is 43.7 Å². The third kappa shape index (κ3) is 4.73. The van der Waals surface area contributed by atoms with E-state index in [9.17, 15) is 0 Å². The molecule has 280 valence electrons. The van der Waals surface area contributed by atoms with E-state index in [2.05, 4.69) is 231 Å². The molecule has 1 heteroatoms. The smallest absolute Gasteiger partial charge is 0.0713 e. The molecule has 0 saturated heterocycles. The molecule has 0 spiro atoms. The molecule has 3 aliphatic rings. The van der Waals surface area contributed by atoms with Crippen LogP contribution < -0.4 is 4.90 Å². The SMILES string of the molecule is CC1(C)C2=CC=CC(N(c3ccc4c(c3)-c3ccccc3C4(c3ccccc3)c3ccccc3)c3ccc4c5ccccc5c5ccccc5c4c3)C2c2ccccc21. The van der Waals surface area contributed by atoms with Gasteiger partial charge >= 0.3 is 0 Å². The minimum absolute atomic E-state index is 0.0461. The number of fused-ring (bicyclic) bond motifs is 12. The maximum absolute atomic E-state index is 2.66. The molecule has 0 heterocycles. The lowest BCUT2D eigenvalue weighted by Crippen LogP contribution is -2.37. The maximum Gasteiger partial charge on any atom is 0.0713 e. The molecule has 9 aromatic rings. The molecule has 2 unspecified atom stereocenters. The maximum atomic E-state index is 2.66. The first-order chi connectivity index (χ1) is 29.0. The van der Waals surface area contributed by atoms with Crippen molar-refractivity contribution in [3.8, 4) is 11.1 Å². The lowest BCUT2D eigenvalue weighted by molar-refractivity contribution is 0.580. The number of allylic oxidation sites excluding steroid dienone is 2. The van der Waals surface area contributed by atoms with Gasteiger partial charge in [-0.2, -0.15) is 0 Å². The van der Waals surface area contributed by atoms with E-state index in [4.69, 9.17) is 0 Å². The number of nitrogens with zero attached hydrogens (tertiary/aromatic N) is 1. The van der Waals surface area contributed by atoms with Gasteiger partial charge in [0.05, 0.1) is 11.5 Å². The van der Waals surface area contributed by atoms with Crippen LogP contribution in [0.25, 0.3) is 43.4 Å². The van der Waals surface area contributed by atoms with Crippen molar-refractivity contribution in [2.45, 2.75) is 36.6 Å². The second kappa shape index (κ2) is 12.8. The molecule has 0 fully saturated rings. The van der Waals surface area contributed by atoms with Gasteiger partial charge in [-0.25, -0.2) is 0 Å². The monoisotopic (exact) mass is 753 g/mol. The fourth-order valence-electron chi connectivity index (χ4n) is 11.5. The number of rotatable bonds is 5. The molecule has 0 saturated carbocycles. The van der Waals surface area contributed by atoms with Crippen LogP contribution in [-0.2, 0) is 10.8 Å². The van der Waals surface area contributed by atoms with Crippen LogP contribution in [-0.4, -0.2) is 6.04 Å². The molecule has 12 rings (SSSR count). The molecule has 2 atom stereocenters. The molecule has 0 aliphatic heterocycles. The third-order valence-electron chi connectivity index (χ3n) is 14.0. The summed E-state index contributed by atoms with van der Waals surface area (Å²) < 4.78 is 0. The Morgan fingerprint density at radius 3 is 1.61 bits per heavy atom. The molecule has 9 aromatic carbocycles. The number of hydrogen-bond acceptors (Lipinski definition) is 1. The Labute approximate surface area is 346 Å². The molecule has 0 amide bonds. The van der Waals surface area contributed by atoms with Crippen molar-refractivity contribution < 1.29 is 0 Å². The molecule has 1 nitrogen and oxygen atoms in total. The van der Waals surface area contributed by atoms with Crippen LogP contribution in [0.4, 0.5) is 11.4 Å². The van der Waals surface area contributed by atoms with Crippen LogP contribution in [0.15, 0.2) is 218 Å². The predicted octanol–water partition coefficient (Wildman–Crippen LogP) is 14.6. The highest BCUT2D eigenvalue weighted by Gasteiger charge is 2.48. The molecule has 0 N–H and O–H groups in total. The summed E-state index contributed by atoms with van der Waals surface area (Å²) in [5.74, 6) is 0.198. The first kappa shape index (κ1) is 34.1. The molecule has 59 heavy (non-hydrogen) atoms. The van der Waals surface area contributed by atoms with E-state index in [0.29, 0.717) is 0 Å². The van der Waals surface area contributed by atoms with Crippen molar-refractivity contribution in [1.29, 1.82) is 0 Å². The highest BCUT2D eigenvalue weighted by molar-refractivity contribution is 6.25. The lowest BCUT2D eigenvalue weighted by Gasteiger charge is -2.40. The molecular formula is C58H43N. The molecule has 0 aromatic heterocycles. The van der Waals surface area contributed by atoms with Gasteiger partial charge in [0.2, 0.25) is 0 Å². The van der Waals surface area contributed by atoms with Gasteiger partial charge in [-0.1, -0.05) is 208 Å². The first-order valence-electron chi connectivity index (χ1n) is 21.0. The molecular weight excluding hydrogens is 711 g/mol. The topological polar surface area (TPSA) is 3.24 Å². The van der Waals surface area contributed by atoms with Gasteiger partial charge in [0.1, 0.15) is 0 Å². The normalized spacial score (nSPS) is 18.0. The number of anilines is 2. The van der Waals surface area contributed by atoms with Gasteiger partial charge in [-0.15, -0.1) is 0 Å². The van der Waals surface area contributed by atoms with Gasteiger partial charge in [0, 0.05) is 22.7 Å². The highest BCUT2D eigenvalue weighted by atomic mass is 15.2. The zero-order valence-corrected chi connectivity index (χ0v) is 33.3. The van der Waals surface area contributed by atoms with E-state index in [1.54, 1.807) is 0 Å². The van der Waals surface area contributed by atoms with Crippen LogP contribution in [0.5, 0.6) is 0 Å². The average Bonchev–Trinajstić information content (AvgIpc) is 3.73. The van der Waals surface area contributed by atoms with E-state index in [0.717, 1.165) is 0 Å². The summed E-state index contributed by atoms with van der Waals surface area (Å²) >= 11 is 0. The fraction of sp³-hybridized carbons (Fsp3) is 0.103. The van der Waals surface area contributed by atoms with Crippen LogP contribution in [0.1, 0.15) is 53.1 Å². The summed E-state index contributed by atoms with van der Waals surface area (Å²) in [7, 11) is 0. The summed E-state index contributed by atoms with van der Waals surface area (Å²) in [4.78, 5) is 2.66. The first-order valence-corrected chi connectivity index (χ1v) is 21.0. The molecule has 0 radical (unpaired) electrons. The Hall–Kier alpha value is -6.96. The minimum Gasteiger partial charge on any atom is -0.334 e. The van der Waals surface area contributed by atoms with Crippen molar-refractivity contribution in [2.24, 2.45) is 0 Å². The lowest BCUT2D eigenvalue weighted by atomic mass is 9.68. The van der Waals surface area contributed by atoms with Gasteiger partial charge in [-0.05, 0) is 101 Å².